The number of ether oxygens (including phenoxy) is 1. The van der Waals surface area contributed by atoms with Crippen molar-refractivity contribution in [1.82, 2.24) is 14.9 Å². The zero-order chi connectivity index (χ0) is 23.8. The van der Waals surface area contributed by atoms with E-state index in [-0.39, 0.29) is 24.6 Å². The highest BCUT2D eigenvalue weighted by molar-refractivity contribution is 7.93. The average Bonchev–Trinajstić information content (AvgIpc) is 3.60. The minimum Gasteiger partial charge on any atom is -0.475 e. The molecule has 0 unspecified atom stereocenters. The number of fused-ring (bicyclic) bond motifs is 1. The zero-order valence-electron chi connectivity index (χ0n) is 18.3. The van der Waals surface area contributed by atoms with Crippen LogP contribution in [0.25, 0.3) is 10.9 Å². The van der Waals surface area contributed by atoms with Gasteiger partial charge in [-0.25, -0.2) is 9.19 Å². The molecule has 1 aromatic carbocycles. The van der Waals surface area contributed by atoms with Crippen molar-refractivity contribution >= 4 is 26.5 Å². The van der Waals surface area contributed by atoms with Gasteiger partial charge in [0, 0.05) is 31.4 Å². The van der Waals surface area contributed by atoms with Crippen molar-refractivity contribution in [3.05, 3.63) is 69.6 Å². The Hall–Kier alpha value is -3.71. The first-order chi connectivity index (χ1) is 15.6. The summed E-state index contributed by atoms with van der Waals surface area (Å²) in [7, 11) is -1.24. The second-order valence-corrected chi connectivity index (χ2v) is 10.8. The highest BCUT2D eigenvalue weighted by atomic mass is 32.2. The summed E-state index contributed by atoms with van der Waals surface area (Å²) >= 11 is 0. The van der Waals surface area contributed by atoms with Crippen molar-refractivity contribution in [2.75, 3.05) is 12.9 Å². The second kappa shape index (κ2) is 8.33. The minimum atomic E-state index is -2.77. The van der Waals surface area contributed by atoms with E-state index in [1.165, 1.54) is 30.1 Å². The van der Waals surface area contributed by atoms with Gasteiger partial charge in [0.1, 0.15) is 17.7 Å². The molecule has 0 saturated heterocycles. The van der Waals surface area contributed by atoms with Crippen molar-refractivity contribution in [1.29, 1.82) is 10.0 Å². The van der Waals surface area contributed by atoms with Gasteiger partial charge < -0.3 is 14.6 Å². The fourth-order valence-electron chi connectivity index (χ4n) is 3.63. The van der Waals surface area contributed by atoms with E-state index in [1.807, 2.05) is 6.07 Å². The van der Waals surface area contributed by atoms with Crippen LogP contribution in [-0.4, -0.2) is 37.3 Å². The topological polar surface area (TPSA) is 138 Å². The standard InChI is InChI=1S/C23H23N5O4S/c1-28-19-17(7-10-26-21(19)32-14-23(8-9-23)33(2,25)31)11-18(22(28)30)20(29)27-13-16-5-3-15(12-24)4-6-16/h3-7,10-11,25H,8-9,13-14H2,1-2H3,(H,27,29)/t33-/m1/s1. The molecule has 1 aliphatic rings. The van der Waals surface area contributed by atoms with E-state index < -0.39 is 25.9 Å². The van der Waals surface area contributed by atoms with Gasteiger partial charge in [-0.05, 0) is 42.7 Å². The Bertz CT molecular complexity index is 1450. The summed E-state index contributed by atoms with van der Waals surface area (Å²) in [5, 5.41) is 12.2. The molecule has 2 aromatic heterocycles. The summed E-state index contributed by atoms with van der Waals surface area (Å²) in [6.45, 7) is 0.293. The van der Waals surface area contributed by atoms with Crippen molar-refractivity contribution < 1.29 is 13.7 Å². The number of nitriles is 1. The molecule has 3 aromatic rings. The average molecular weight is 466 g/mol. The molecule has 9 nitrogen and oxygen atoms in total. The molecule has 4 rings (SSSR count). The quantitative estimate of drug-likeness (QED) is 0.549. The number of carbonyl (C=O) groups excluding carboxylic acids is 1. The van der Waals surface area contributed by atoms with E-state index >= 15 is 0 Å². The number of hydrogen-bond donors (Lipinski definition) is 2. The predicted molar refractivity (Wildman–Crippen MR) is 124 cm³/mol. The van der Waals surface area contributed by atoms with Crippen molar-refractivity contribution in [3.8, 4) is 11.9 Å². The molecule has 170 valence electrons. The first kappa shape index (κ1) is 22.5. The van der Waals surface area contributed by atoms with Gasteiger partial charge in [0.15, 0.2) is 0 Å². The second-order valence-electron chi connectivity index (χ2n) is 8.28. The van der Waals surface area contributed by atoms with E-state index in [9.17, 15) is 13.8 Å². The summed E-state index contributed by atoms with van der Waals surface area (Å²) < 4.78 is 26.6. The lowest BCUT2D eigenvalue weighted by molar-refractivity contribution is 0.0949. The Morgan fingerprint density at radius 1 is 1.33 bits per heavy atom. The third-order valence-electron chi connectivity index (χ3n) is 5.98. The number of pyridine rings is 2. The molecule has 33 heavy (non-hydrogen) atoms. The molecule has 10 heteroatoms. The summed E-state index contributed by atoms with van der Waals surface area (Å²) in [5.41, 5.74) is 1.23. The maximum Gasteiger partial charge on any atom is 0.263 e. The van der Waals surface area contributed by atoms with E-state index in [0.29, 0.717) is 29.3 Å². The number of rotatable bonds is 7. The number of amides is 1. The monoisotopic (exact) mass is 465 g/mol. The van der Waals surface area contributed by atoms with E-state index in [4.69, 9.17) is 14.8 Å². The van der Waals surface area contributed by atoms with Crippen LogP contribution < -0.4 is 15.6 Å². The number of aromatic nitrogens is 2. The molecule has 0 bridgehead atoms. The van der Waals surface area contributed by atoms with Crippen molar-refractivity contribution in [2.24, 2.45) is 7.05 Å². The predicted octanol–water partition coefficient (Wildman–Crippen LogP) is 2.32. The Balaban J connectivity index is 1.58. The smallest absolute Gasteiger partial charge is 0.263 e. The summed E-state index contributed by atoms with van der Waals surface area (Å²) in [6, 6.07) is 12.0. The Kier molecular flexibility index (Phi) is 5.68. The number of benzene rings is 1. The molecule has 0 spiro atoms. The first-order valence-corrected chi connectivity index (χ1v) is 12.2. The SMILES string of the molecule is Cn1c(=O)c(C(=O)NCc2ccc(C#N)cc2)cc2ccnc(OCC3([S@](C)(=N)=O)CC3)c21. The van der Waals surface area contributed by atoms with Gasteiger partial charge in [0.05, 0.1) is 26.1 Å². The van der Waals surface area contributed by atoms with Gasteiger partial charge in [0.2, 0.25) is 5.88 Å². The Morgan fingerprint density at radius 2 is 2.03 bits per heavy atom. The van der Waals surface area contributed by atoms with Gasteiger partial charge in [0.25, 0.3) is 11.5 Å². The van der Waals surface area contributed by atoms with Crippen LogP contribution in [0.3, 0.4) is 0 Å². The van der Waals surface area contributed by atoms with Crippen LogP contribution >= 0.6 is 0 Å². The molecule has 0 radical (unpaired) electrons. The van der Waals surface area contributed by atoms with Crippen LogP contribution in [0.1, 0.15) is 34.3 Å². The van der Waals surface area contributed by atoms with Crippen LogP contribution in [0.5, 0.6) is 5.88 Å². The first-order valence-electron chi connectivity index (χ1n) is 10.3. The molecular weight excluding hydrogens is 442 g/mol. The fraction of sp³-hybridized carbons (Fsp3) is 0.304. The molecule has 1 amide bonds. The minimum absolute atomic E-state index is 0.0165. The number of carbonyl (C=O) groups is 1. The van der Waals surface area contributed by atoms with Gasteiger partial charge in [-0.3, -0.25) is 14.4 Å². The molecule has 2 heterocycles. The highest BCUT2D eigenvalue weighted by Crippen LogP contribution is 2.44. The number of nitrogens with one attached hydrogen (secondary N) is 2. The van der Waals surface area contributed by atoms with Crippen LogP contribution in [0.4, 0.5) is 0 Å². The van der Waals surface area contributed by atoms with Gasteiger partial charge in [-0.2, -0.15) is 5.26 Å². The Morgan fingerprint density at radius 3 is 2.64 bits per heavy atom. The van der Waals surface area contributed by atoms with Gasteiger partial charge >= 0.3 is 0 Å². The van der Waals surface area contributed by atoms with E-state index in [0.717, 1.165) is 5.56 Å². The molecule has 1 atom stereocenters. The van der Waals surface area contributed by atoms with Crippen LogP contribution in [0.2, 0.25) is 0 Å². The lowest BCUT2D eigenvalue weighted by Gasteiger charge is -2.18. The number of nitrogens with zero attached hydrogens (tertiary/aromatic N) is 3. The van der Waals surface area contributed by atoms with E-state index in [1.54, 1.807) is 30.3 Å². The highest BCUT2D eigenvalue weighted by Gasteiger charge is 2.50. The van der Waals surface area contributed by atoms with Gasteiger partial charge in [-0.1, -0.05) is 12.1 Å². The van der Waals surface area contributed by atoms with Crippen LogP contribution in [-0.2, 0) is 23.3 Å². The maximum absolute atomic E-state index is 13.0. The number of hydrogen-bond acceptors (Lipinski definition) is 7. The lowest BCUT2D eigenvalue weighted by atomic mass is 10.1. The molecule has 1 saturated carbocycles. The van der Waals surface area contributed by atoms with Crippen LogP contribution in [0, 0.1) is 16.1 Å². The molecule has 0 aliphatic heterocycles. The van der Waals surface area contributed by atoms with Crippen LogP contribution in [0.15, 0.2) is 47.4 Å². The lowest BCUT2D eigenvalue weighted by Crippen LogP contribution is -2.32. The third-order valence-corrected chi connectivity index (χ3v) is 8.16. The normalized spacial score (nSPS) is 15.9. The zero-order valence-corrected chi connectivity index (χ0v) is 19.1. The molecular formula is C23H23N5O4S. The maximum atomic E-state index is 13.0. The number of aryl methyl sites for hydroxylation is 1. The summed E-state index contributed by atoms with van der Waals surface area (Å²) in [6.07, 6.45) is 4.24. The molecule has 1 aliphatic carbocycles. The largest absolute Gasteiger partial charge is 0.475 e. The van der Waals surface area contributed by atoms with Crippen molar-refractivity contribution in [3.63, 3.8) is 0 Å². The Labute approximate surface area is 191 Å². The third kappa shape index (κ3) is 4.32. The van der Waals surface area contributed by atoms with Gasteiger partial charge in [-0.15, -0.1) is 0 Å². The van der Waals surface area contributed by atoms with Crippen molar-refractivity contribution in [2.45, 2.75) is 24.1 Å². The summed E-state index contributed by atoms with van der Waals surface area (Å²) in [4.78, 5) is 29.9. The molecule has 2 N–H and O–H groups in total. The fourth-order valence-corrected chi connectivity index (χ4v) is 4.80. The molecule has 1 fully saturated rings. The summed E-state index contributed by atoms with van der Waals surface area (Å²) in [5.74, 6) is -0.315. The van der Waals surface area contributed by atoms with E-state index in [2.05, 4.69) is 10.3 Å².